The maximum absolute atomic E-state index is 11.5. The van der Waals surface area contributed by atoms with Crippen LogP contribution in [0.15, 0.2) is 42.9 Å². The van der Waals surface area contributed by atoms with Crippen LogP contribution in [0.2, 0.25) is 0 Å². The second-order valence-electron chi connectivity index (χ2n) is 3.95. The fourth-order valence-electron chi connectivity index (χ4n) is 1.74. The van der Waals surface area contributed by atoms with E-state index >= 15 is 0 Å². The van der Waals surface area contributed by atoms with Crippen molar-refractivity contribution in [3.63, 3.8) is 0 Å². The molecule has 2 rings (SSSR count). The molecule has 1 aromatic rings. The molecule has 1 aromatic heterocycles. The van der Waals surface area contributed by atoms with E-state index in [1.54, 1.807) is 32.6 Å². The summed E-state index contributed by atoms with van der Waals surface area (Å²) in [4.78, 5) is 17.1. The first-order valence-corrected chi connectivity index (χ1v) is 6.06. The van der Waals surface area contributed by atoms with E-state index in [-0.39, 0.29) is 12.0 Å². The van der Waals surface area contributed by atoms with E-state index in [9.17, 15) is 4.79 Å². The van der Waals surface area contributed by atoms with Gasteiger partial charge in [0.25, 0.3) is 0 Å². The minimum atomic E-state index is -0.374. The number of hydrogen-bond donors (Lipinski definition) is 0. The van der Waals surface area contributed by atoms with Crippen LogP contribution in [-0.4, -0.2) is 29.7 Å². The highest BCUT2D eigenvalue weighted by Crippen LogP contribution is 2.23. The lowest BCUT2D eigenvalue weighted by molar-refractivity contribution is 0.133. The van der Waals surface area contributed by atoms with Crippen molar-refractivity contribution in [3.8, 4) is 5.88 Å². The van der Waals surface area contributed by atoms with Crippen LogP contribution < -0.4 is 4.74 Å². The number of hydrogen-bond acceptors (Lipinski definition) is 4. The molecule has 0 radical (unpaired) electrons. The molecule has 5 nitrogen and oxygen atoms in total. The summed E-state index contributed by atoms with van der Waals surface area (Å²) in [6.07, 6.45) is 8.63. The number of ether oxygens (including phenoxy) is 2. The highest BCUT2D eigenvalue weighted by molar-refractivity contribution is 5.70. The van der Waals surface area contributed by atoms with Crippen LogP contribution in [0.4, 0.5) is 4.79 Å². The molecule has 0 aliphatic carbocycles. The fourth-order valence-corrected chi connectivity index (χ4v) is 1.74. The number of rotatable bonds is 3. The van der Waals surface area contributed by atoms with Crippen LogP contribution in [0.25, 0.3) is 0 Å². The maximum Gasteiger partial charge on any atom is 0.417 e. The van der Waals surface area contributed by atoms with E-state index in [0.29, 0.717) is 12.5 Å². The summed E-state index contributed by atoms with van der Waals surface area (Å²) < 4.78 is 9.92. The summed E-state index contributed by atoms with van der Waals surface area (Å²) >= 11 is 0. The molecule has 5 heteroatoms. The summed E-state index contributed by atoms with van der Waals surface area (Å²) in [6.45, 7) is 2.14. The topological polar surface area (TPSA) is 51.7 Å². The zero-order chi connectivity index (χ0) is 13.7. The zero-order valence-electron chi connectivity index (χ0n) is 10.9. The van der Waals surface area contributed by atoms with Crippen molar-refractivity contribution in [2.45, 2.75) is 12.8 Å². The van der Waals surface area contributed by atoms with Crippen molar-refractivity contribution >= 4 is 6.09 Å². The number of allylic oxidation sites excluding steroid dienone is 2. The molecule has 0 atom stereocenters. The van der Waals surface area contributed by atoms with Crippen LogP contribution in [0.3, 0.4) is 0 Å². The smallest absolute Gasteiger partial charge is 0.417 e. The molecule has 100 valence electrons. The molecule has 0 bridgehead atoms. The van der Waals surface area contributed by atoms with Crippen LogP contribution in [0, 0.1) is 0 Å². The van der Waals surface area contributed by atoms with Crippen LogP contribution in [0.5, 0.6) is 5.88 Å². The summed E-state index contributed by atoms with van der Waals surface area (Å²) in [5.41, 5.74) is 1.04. The number of amides is 1. The number of pyridine rings is 1. The van der Waals surface area contributed by atoms with Gasteiger partial charge in [-0.1, -0.05) is 18.2 Å². The van der Waals surface area contributed by atoms with Crippen LogP contribution in [-0.2, 0) is 4.74 Å². The van der Waals surface area contributed by atoms with Crippen LogP contribution in [0.1, 0.15) is 18.4 Å². The molecule has 0 spiro atoms. The van der Waals surface area contributed by atoms with Gasteiger partial charge in [0.05, 0.1) is 13.7 Å². The second kappa shape index (κ2) is 6.04. The average Bonchev–Trinajstić information content (AvgIpc) is 2.48. The third kappa shape index (κ3) is 3.13. The Labute approximate surface area is 112 Å². The normalized spacial score (nSPS) is 14.5. The first-order chi connectivity index (χ1) is 9.24. The molecule has 0 saturated carbocycles. The molecule has 0 aromatic carbocycles. The average molecular weight is 260 g/mol. The molecule has 0 N–H and O–H groups in total. The van der Waals surface area contributed by atoms with E-state index in [4.69, 9.17) is 9.47 Å². The predicted octanol–water partition coefficient (Wildman–Crippen LogP) is 2.67. The third-order valence-corrected chi connectivity index (χ3v) is 2.74. The van der Waals surface area contributed by atoms with Gasteiger partial charge in [0.2, 0.25) is 5.88 Å². The van der Waals surface area contributed by atoms with E-state index in [2.05, 4.69) is 4.98 Å². The summed E-state index contributed by atoms with van der Waals surface area (Å²) in [5.74, 6) is 0.685. The van der Waals surface area contributed by atoms with Crippen molar-refractivity contribution in [2.75, 3.05) is 13.7 Å². The standard InChI is InChI=1S/C14H16N2O3/c1-3-19-14(17)16-8-6-11(7-9-16)12-4-5-13(18-2)15-10-12/h4-11H,3H2,1-2H3. The molecule has 0 unspecified atom stereocenters. The number of carbonyl (C=O) groups is 1. The lowest BCUT2D eigenvalue weighted by Gasteiger charge is -2.19. The fraction of sp³-hybridized carbons (Fsp3) is 0.286. The maximum atomic E-state index is 11.5. The Bertz CT molecular complexity index is 480. The molecule has 0 saturated heterocycles. The molecule has 1 aliphatic heterocycles. The Morgan fingerprint density at radius 3 is 2.63 bits per heavy atom. The zero-order valence-corrected chi connectivity index (χ0v) is 10.9. The van der Waals surface area contributed by atoms with Gasteiger partial charge in [0, 0.05) is 30.6 Å². The van der Waals surface area contributed by atoms with E-state index in [0.717, 1.165) is 5.56 Å². The lowest BCUT2D eigenvalue weighted by atomic mass is 9.99. The van der Waals surface area contributed by atoms with Crippen molar-refractivity contribution in [2.24, 2.45) is 0 Å². The van der Waals surface area contributed by atoms with Crippen molar-refractivity contribution < 1.29 is 14.3 Å². The first-order valence-electron chi connectivity index (χ1n) is 6.06. The lowest BCUT2D eigenvalue weighted by Crippen LogP contribution is -2.23. The number of methoxy groups -OCH3 is 1. The van der Waals surface area contributed by atoms with Gasteiger partial charge in [-0.25, -0.2) is 9.78 Å². The van der Waals surface area contributed by atoms with Gasteiger partial charge in [-0.15, -0.1) is 0 Å². The minimum absolute atomic E-state index is 0.101. The minimum Gasteiger partial charge on any atom is -0.481 e. The van der Waals surface area contributed by atoms with Gasteiger partial charge >= 0.3 is 6.09 Å². The summed E-state index contributed by atoms with van der Waals surface area (Å²) in [7, 11) is 1.58. The second-order valence-corrected chi connectivity index (χ2v) is 3.95. The molecular weight excluding hydrogens is 244 g/mol. The Kier molecular flexibility index (Phi) is 4.18. The highest BCUT2D eigenvalue weighted by atomic mass is 16.6. The Hall–Kier alpha value is -2.30. The van der Waals surface area contributed by atoms with Crippen LogP contribution >= 0.6 is 0 Å². The van der Waals surface area contributed by atoms with Gasteiger partial charge in [-0.3, -0.25) is 4.90 Å². The van der Waals surface area contributed by atoms with Crippen molar-refractivity contribution in [1.82, 2.24) is 9.88 Å². The number of aromatic nitrogens is 1. The van der Waals surface area contributed by atoms with E-state index < -0.39 is 0 Å². The molecular formula is C14H16N2O3. The summed E-state index contributed by atoms with van der Waals surface area (Å²) in [5, 5.41) is 0. The largest absolute Gasteiger partial charge is 0.481 e. The van der Waals surface area contributed by atoms with Crippen molar-refractivity contribution in [3.05, 3.63) is 48.4 Å². The molecule has 1 amide bonds. The molecule has 1 aliphatic rings. The first kappa shape index (κ1) is 13.1. The van der Waals surface area contributed by atoms with Gasteiger partial charge in [0.1, 0.15) is 0 Å². The van der Waals surface area contributed by atoms with Gasteiger partial charge < -0.3 is 9.47 Å². The Balaban J connectivity index is 2.03. The van der Waals surface area contributed by atoms with Crippen molar-refractivity contribution in [1.29, 1.82) is 0 Å². The van der Waals surface area contributed by atoms with Gasteiger partial charge in [-0.2, -0.15) is 0 Å². The van der Waals surface area contributed by atoms with E-state index in [1.165, 1.54) is 4.90 Å². The molecule has 2 heterocycles. The van der Waals surface area contributed by atoms with E-state index in [1.807, 2.05) is 24.3 Å². The quantitative estimate of drug-likeness (QED) is 0.838. The Morgan fingerprint density at radius 2 is 2.11 bits per heavy atom. The van der Waals surface area contributed by atoms with Gasteiger partial charge in [-0.05, 0) is 12.5 Å². The predicted molar refractivity (Wildman–Crippen MR) is 70.7 cm³/mol. The SMILES string of the molecule is CCOC(=O)N1C=CC(c2ccc(OC)nc2)C=C1. The third-order valence-electron chi connectivity index (χ3n) is 2.74. The number of carbonyl (C=O) groups excluding carboxylic acids is 1. The Morgan fingerprint density at radius 1 is 1.37 bits per heavy atom. The van der Waals surface area contributed by atoms with Gasteiger partial charge in [0.15, 0.2) is 0 Å². The highest BCUT2D eigenvalue weighted by Gasteiger charge is 2.15. The molecule has 0 fully saturated rings. The molecule has 19 heavy (non-hydrogen) atoms. The number of nitrogens with zero attached hydrogens (tertiary/aromatic N) is 2. The monoisotopic (exact) mass is 260 g/mol. The summed E-state index contributed by atoms with van der Waals surface area (Å²) in [6, 6.07) is 3.76.